The number of hydrogen-bond donors (Lipinski definition) is 2. The number of hydrogen-bond acceptors (Lipinski definition) is 8. The summed E-state index contributed by atoms with van der Waals surface area (Å²) in [6, 6.07) is 14.7. The zero-order valence-corrected chi connectivity index (χ0v) is 28.2. The van der Waals surface area contributed by atoms with E-state index in [9.17, 15) is 19.5 Å². The van der Waals surface area contributed by atoms with Crippen LogP contribution in [-0.2, 0) is 12.5 Å². The number of aldehydes is 1. The van der Waals surface area contributed by atoms with E-state index < -0.39 is 22.5 Å². The second-order valence-corrected chi connectivity index (χ2v) is 13.4. The van der Waals surface area contributed by atoms with Gasteiger partial charge in [0.25, 0.3) is 11.1 Å². The molecule has 1 atom stereocenters. The van der Waals surface area contributed by atoms with Gasteiger partial charge in [0.15, 0.2) is 6.29 Å². The van der Waals surface area contributed by atoms with Gasteiger partial charge in [0.1, 0.15) is 28.7 Å². The fraction of sp³-hybridized carbons (Fsp3) is 0.289. The molecule has 3 aromatic heterocycles. The minimum absolute atomic E-state index is 0.0725. The van der Waals surface area contributed by atoms with Crippen LogP contribution in [0.2, 0.25) is 0 Å². The van der Waals surface area contributed by atoms with E-state index in [1.54, 1.807) is 56.4 Å². The highest BCUT2D eigenvalue weighted by Gasteiger charge is 2.38. The topological polar surface area (TPSA) is 128 Å². The summed E-state index contributed by atoms with van der Waals surface area (Å²) < 4.78 is 23.9. The zero-order chi connectivity index (χ0) is 35.2. The van der Waals surface area contributed by atoms with Gasteiger partial charge in [-0.15, -0.1) is 0 Å². The maximum Gasteiger partial charge on any atom is 0.290 e. The summed E-state index contributed by atoms with van der Waals surface area (Å²) in [6.07, 6.45) is 6.83. The first kappa shape index (κ1) is 33.5. The third-order valence-corrected chi connectivity index (χ3v) is 9.08. The number of nitrogens with zero attached hydrogens (tertiary/aromatic N) is 4. The van der Waals surface area contributed by atoms with Crippen LogP contribution in [0.4, 0.5) is 15.9 Å². The third-order valence-electron chi connectivity index (χ3n) is 9.08. The lowest BCUT2D eigenvalue weighted by Gasteiger charge is -2.25. The van der Waals surface area contributed by atoms with Crippen LogP contribution in [-0.4, -0.2) is 42.9 Å². The fourth-order valence-corrected chi connectivity index (χ4v) is 6.17. The van der Waals surface area contributed by atoms with E-state index in [4.69, 9.17) is 4.74 Å². The Morgan fingerprint density at radius 3 is 2.49 bits per heavy atom. The van der Waals surface area contributed by atoms with Crippen molar-refractivity contribution in [2.24, 2.45) is 13.0 Å². The smallest absolute Gasteiger partial charge is 0.290 e. The van der Waals surface area contributed by atoms with Gasteiger partial charge in [0.2, 0.25) is 0 Å². The molecule has 2 N–H and O–H groups in total. The number of aliphatic hydroxyl groups is 1. The highest BCUT2D eigenvalue weighted by atomic mass is 19.1. The molecule has 0 spiro atoms. The molecule has 0 fully saturated rings. The van der Waals surface area contributed by atoms with Crippen molar-refractivity contribution < 1.29 is 19.0 Å². The quantitative estimate of drug-likeness (QED) is 0.126. The first-order chi connectivity index (χ1) is 23.3. The highest BCUT2D eigenvalue weighted by Crippen LogP contribution is 2.47. The molecule has 2 aromatic carbocycles. The minimum Gasteiger partial charge on any atom is -0.484 e. The lowest BCUT2D eigenvalue weighted by molar-refractivity contribution is 0.0409. The Bertz CT molecular complexity index is 2250. The number of fused-ring (bicyclic) bond motifs is 1. The van der Waals surface area contributed by atoms with E-state index >= 15 is 4.39 Å². The van der Waals surface area contributed by atoms with E-state index in [1.165, 1.54) is 35.5 Å². The predicted octanol–water partition coefficient (Wildman–Crippen LogP) is 6.24. The van der Waals surface area contributed by atoms with Crippen LogP contribution in [0.15, 0.2) is 88.2 Å². The van der Waals surface area contributed by atoms with Gasteiger partial charge in [-0.1, -0.05) is 44.6 Å². The Labute approximate surface area is 282 Å². The molecule has 252 valence electrons. The van der Waals surface area contributed by atoms with Crippen LogP contribution in [0.1, 0.15) is 57.0 Å². The van der Waals surface area contributed by atoms with E-state index in [0.29, 0.717) is 34.7 Å². The van der Waals surface area contributed by atoms with Gasteiger partial charge in [-0.05, 0) is 79.6 Å². The number of ether oxygens (including phenoxy) is 1. The molecule has 1 aliphatic carbocycles. The SMILES string of the molecule is CCC1C=C1C(C)(C)c1cc(F)c2c(=O)n(-c3cccc(-c4cc(Nc5ccc(OC(C)(C)CO)cn5)c(=O)n(C)n4)c3C=O)ccc2c1. The van der Waals surface area contributed by atoms with Crippen LogP contribution in [0, 0.1) is 11.7 Å². The molecule has 5 aromatic rings. The van der Waals surface area contributed by atoms with Gasteiger partial charge in [-0.3, -0.25) is 19.0 Å². The van der Waals surface area contributed by atoms with Crippen LogP contribution in [0.5, 0.6) is 5.75 Å². The second-order valence-electron chi connectivity index (χ2n) is 13.4. The monoisotopic (exact) mass is 663 g/mol. The molecule has 6 rings (SSSR count). The number of nitrogens with one attached hydrogen (secondary N) is 1. The molecule has 49 heavy (non-hydrogen) atoms. The van der Waals surface area contributed by atoms with E-state index in [-0.39, 0.29) is 40.0 Å². The summed E-state index contributed by atoms with van der Waals surface area (Å²) in [5, 5.41) is 17.3. The van der Waals surface area contributed by atoms with Crippen LogP contribution in [0.25, 0.3) is 27.7 Å². The summed E-state index contributed by atoms with van der Waals surface area (Å²) in [7, 11) is 1.48. The Morgan fingerprint density at radius 1 is 1.06 bits per heavy atom. The molecule has 0 aliphatic heterocycles. The van der Waals surface area contributed by atoms with Gasteiger partial charge in [0, 0.05) is 29.8 Å². The van der Waals surface area contributed by atoms with Crippen molar-refractivity contribution in [3.63, 3.8) is 0 Å². The van der Waals surface area contributed by atoms with Gasteiger partial charge >= 0.3 is 0 Å². The number of carbonyl (C=O) groups excluding carboxylic acids is 1. The maximum atomic E-state index is 15.8. The van der Waals surface area contributed by atoms with Crippen molar-refractivity contribution in [2.75, 3.05) is 11.9 Å². The van der Waals surface area contributed by atoms with Crippen molar-refractivity contribution in [3.05, 3.63) is 116 Å². The van der Waals surface area contributed by atoms with E-state index in [2.05, 4.69) is 42.2 Å². The molecule has 0 bridgehead atoms. The second kappa shape index (κ2) is 12.6. The minimum atomic E-state index is -0.795. The number of aryl methyl sites for hydroxylation is 1. The summed E-state index contributed by atoms with van der Waals surface area (Å²) in [4.78, 5) is 43.9. The highest BCUT2D eigenvalue weighted by molar-refractivity contribution is 5.92. The van der Waals surface area contributed by atoms with Gasteiger partial charge in [-0.25, -0.2) is 14.1 Å². The lowest BCUT2D eigenvalue weighted by Crippen LogP contribution is -2.32. The molecule has 0 radical (unpaired) electrons. The molecule has 11 heteroatoms. The molecule has 1 aliphatic rings. The molecular weight excluding hydrogens is 625 g/mol. The molecule has 0 amide bonds. The number of benzene rings is 2. The van der Waals surface area contributed by atoms with Gasteiger partial charge < -0.3 is 15.2 Å². The van der Waals surface area contributed by atoms with Gasteiger partial charge in [0.05, 0.1) is 29.6 Å². The number of aliphatic hydroxyl groups excluding tert-OH is 1. The Morgan fingerprint density at radius 2 is 1.84 bits per heavy atom. The molecule has 1 unspecified atom stereocenters. The molecule has 0 saturated carbocycles. The van der Waals surface area contributed by atoms with Crippen LogP contribution >= 0.6 is 0 Å². The number of carbonyl (C=O) groups is 1. The van der Waals surface area contributed by atoms with Crippen molar-refractivity contribution in [1.82, 2.24) is 19.3 Å². The average Bonchev–Trinajstić information content (AvgIpc) is 3.88. The first-order valence-electron chi connectivity index (χ1n) is 16.1. The third kappa shape index (κ3) is 6.29. The lowest BCUT2D eigenvalue weighted by atomic mass is 9.79. The average molecular weight is 664 g/mol. The Kier molecular flexibility index (Phi) is 8.58. The maximum absolute atomic E-state index is 15.8. The standard InChI is InChI=1S/C38H38FN5O5/c1-7-22-16-28(22)38(4,5)24-15-23-13-14-44(36(48)34(23)29(39)17-24)32-10-8-9-26(27(32)20-45)30-18-31(35(47)43(6)42-30)41-33-12-11-25(19-40-33)49-37(2,3)21-46/h8-20,22,46H,7,21H2,1-6H3,(H,40,41). The Balaban J connectivity index is 1.37. The van der Waals surface area contributed by atoms with Crippen molar-refractivity contribution in [2.45, 2.75) is 52.1 Å². The van der Waals surface area contributed by atoms with Crippen LogP contribution in [0.3, 0.4) is 0 Å². The summed E-state index contributed by atoms with van der Waals surface area (Å²) in [6.45, 7) is 9.55. The number of allylic oxidation sites excluding steroid dienone is 2. The molecule has 10 nitrogen and oxygen atoms in total. The van der Waals surface area contributed by atoms with Crippen molar-refractivity contribution in [1.29, 1.82) is 0 Å². The number of halogens is 1. The first-order valence-corrected chi connectivity index (χ1v) is 16.1. The number of aromatic nitrogens is 4. The molecule has 0 saturated heterocycles. The fourth-order valence-electron chi connectivity index (χ4n) is 6.17. The van der Waals surface area contributed by atoms with E-state index in [1.807, 2.05) is 6.07 Å². The molecule has 3 heterocycles. The van der Waals surface area contributed by atoms with Crippen molar-refractivity contribution in [3.8, 4) is 22.7 Å². The Hall–Kier alpha value is -5.42. The normalized spacial score (nSPS) is 14.4. The summed E-state index contributed by atoms with van der Waals surface area (Å²) >= 11 is 0. The largest absolute Gasteiger partial charge is 0.484 e. The van der Waals surface area contributed by atoms with Gasteiger partial charge in [-0.2, -0.15) is 5.10 Å². The molecular formula is C38H38FN5O5. The predicted molar refractivity (Wildman–Crippen MR) is 188 cm³/mol. The number of anilines is 2. The number of rotatable bonds is 11. The summed E-state index contributed by atoms with van der Waals surface area (Å²) in [5.41, 5.74) is 1.01. The summed E-state index contributed by atoms with van der Waals surface area (Å²) in [5.74, 6) is 0.578. The number of pyridine rings is 2. The zero-order valence-electron chi connectivity index (χ0n) is 28.2. The van der Waals surface area contributed by atoms with E-state index in [0.717, 1.165) is 16.7 Å². The van der Waals surface area contributed by atoms with Crippen molar-refractivity contribution >= 4 is 28.6 Å². The van der Waals surface area contributed by atoms with Crippen LogP contribution < -0.4 is 21.2 Å².